The van der Waals surface area contributed by atoms with E-state index in [0.29, 0.717) is 29.2 Å². The van der Waals surface area contributed by atoms with Crippen LogP contribution in [0.3, 0.4) is 0 Å². The monoisotopic (exact) mass is 460 g/mol. The van der Waals surface area contributed by atoms with Gasteiger partial charge in [0.25, 0.3) is 11.8 Å². The molecule has 2 heterocycles. The van der Waals surface area contributed by atoms with Crippen molar-refractivity contribution in [1.29, 1.82) is 0 Å². The van der Waals surface area contributed by atoms with Crippen molar-refractivity contribution < 1.29 is 23.5 Å². The molecule has 176 valence electrons. The first-order valence-electron chi connectivity index (χ1n) is 11.1. The third-order valence-electron chi connectivity index (χ3n) is 5.70. The predicted octanol–water partition coefficient (Wildman–Crippen LogP) is 4.79. The van der Waals surface area contributed by atoms with Crippen LogP contribution in [0.25, 0.3) is 6.08 Å². The molecule has 0 unspecified atom stereocenters. The number of benzene rings is 2. The maximum atomic E-state index is 13.4. The summed E-state index contributed by atoms with van der Waals surface area (Å²) in [6.07, 6.45) is 3.58. The molecule has 34 heavy (non-hydrogen) atoms. The van der Waals surface area contributed by atoms with Crippen molar-refractivity contribution in [3.63, 3.8) is 0 Å². The third-order valence-corrected chi connectivity index (χ3v) is 5.70. The number of fused-ring (bicyclic) bond motifs is 1. The summed E-state index contributed by atoms with van der Waals surface area (Å²) in [7, 11) is 1.60. The van der Waals surface area contributed by atoms with Crippen LogP contribution >= 0.6 is 0 Å². The maximum Gasteiger partial charge on any atom is 0.268 e. The Bertz CT molecular complexity index is 1230. The number of methoxy groups -OCH3 is 1. The molecule has 7 nitrogen and oxygen atoms in total. The summed E-state index contributed by atoms with van der Waals surface area (Å²) < 4.78 is 16.8. The fourth-order valence-corrected chi connectivity index (χ4v) is 4.01. The van der Waals surface area contributed by atoms with Gasteiger partial charge in [-0.1, -0.05) is 18.2 Å². The van der Waals surface area contributed by atoms with E-state index in [1.165, 1.54) is 12.3 Å². The number of aryl methyl sites for hydroxylation is 1. The number of rotatable bonds is 6. The Morgan fingerprint density at radius 1 is 1.12 bits per heavy atom. The van der Waals surface area contributed by atoms with E-state index in [4.69, 9.17) is 13.9 Å². The van der Waals surface area contributed by atoms with Gasteiger partial charge in [-0.15, -0.1) is 0 Å². The second kappa shape index (κ2) is 9.47. The Labute approximate surface area is 198 Å². The van der Waals surface area contributed by atoms with E-state index in [1.807, 2.05) is 51.1 Å². The molecule has 3 aromatic rings. The molecule has 0 bridgehead atoms. The molecule has 0 saturated heterocycles. The predicted molar refractivity (Wildman–Crippen MR) is 129 cm³/mol. The normalized spacial score (nSPS) is 16.7. The molecular weight excluding hydrogens is 432 g/mol. The van der Waals surface area contributed by atoms with Crippen LogP contribution in [0.1, 0.15) is 53.6 Å². The summed E-state index contributed by atoms with van der Waals surface area (Å²) in [5.41, 5.74) is 1.72. The Morgan fingerprint density at radius 3 is 2.62 bits per heavy atom. The lowest BCUT2D eigenvalue weighted by molar-refractivity contribution is -0.119. The zero-order valence-electron chi connectivity index (χ0n) is 19.7. The molecule has 0 saturated carbocycles. The van der Waals surface area contributed by atoms with E-state index in [2.05, 4.69) is 10.6 Å². The molecule has 1 aliphatic rings. The van der Waals surface area contributed by atoms with Gasteiger partial charge in [0, 0.05) is 29.7 Å². The van der Waals surface area contributed by atoms with E-state index >= 15 is 0 Å². The Kier molecular flexibility index (Phi) is 6.45. The number of nitrogens with one attached hydrogen (secondary N) is 2. The van der Waals surface area contributed by atoms with Crippen molar-refractivity contribution in [3.05, 3.63) is 89.0 Å². The molecule has 1 aromatic heterocycles. The molecule has 0 fully saturated rings. The number of amides is 2. The smallest absolute Gasteiger partial charge is 0.268 e. The summed E-state index contributed by atoms with van der Waals surface area (Å²) >= 11 is 0. The van der Waals surface area contributed by atoms with Gasteiger partial charge in [-0.05, 0) is 56.7 Å². The topological polar surface area (TPSA) is 89.8 Å². The first-order valence-corrected chi connectivity index (χ1v) is 11.1. The molecule has 0 radical (unpaired) electrons. The molecule has 2 aromatic carbocycles. The Morgan fingerprint density at radius 2 is 1.91 bits per heavy atom. The number of carbonyl (C=O) groups excluding carboxylic acids is 2. The van der Waals surface area contributed by atoms with Crippen LogP contribution in [0.2, 0.25) is 0 Å². The first kappa shape index (κ1) is 23.2. The zero-order chi connectivity index (χ0) is 24.3. The van der Waals surface area contributed by atoms with Gasteiger partial charge in [0.15, 0.2) is 0 Å². The summed E-state index contributed by atoms with van der Waals surface area (Å²) in [4.78, 5) is 26.4. The molecule has 0 aliphatic carbocycles. The second-order valence-electron chi connectivity index (χ2n) is 8.84. The molecule has 2 N–H and O–H groups in total. The molecule has 4 rings (SSSR count). The summed E-state index contributed by atoms with van der Waals surface area (Å²) in [5, 5.41) is 5.83. The largest absolute Gasteiger partial charge is 0.497 e. The highest BCUT2D eigenvalue weighted by Crippen LogP contribution is 2.41. The van der Waals surface area contributed by atoms with Gasteiger partial charge in [-0.2, -0.15) is 0 Å². The molecular formula is C27H28N2O5. The second-order valence-corrected chi connectivity index (χ2v) is 8.84. The standard InChI is InChI=1S/C27H28N2O5/c1-17-8-5-6-10-20(17)25(30)28-22(14-19-9-7-13-33-19)26(31)29-23-16-27(2,3)34-24-15-18(32-4)11-12-21(23)24/h5-15,23H,16H2,1-4H3,(H,28,30)(H,29,31)/b22-14-/t23-/m0/s1. The van der Waals surface area contributed by atoms with Gasteiger partial charge in [0.1, 0.15) is 28.6 Å². The SMILES string of the molecule is COc1ccc2c(c1)OC(C)(C)C[C@@H]2NC(=O)/C(=C/c1ccco1)NC(=O)c1ccccc1C. The van der Waals surface area contributed by atoms with Crippen LogP contribution in [0.5, 0.6) is 11.5 Å². The lowest BCUT2D eigenvalue weighted by Gasteiger charge is -2.38. The van der Waals surface area contributed by atoms with Crippen LogP contribution in [-0.2, 0) is 4.79 Å². The number of ether oxygens (including phenoxy) is 2. The van der Waals surface area contributed by atoms with Gasteiger partial charge in [-0.25, -0.2) is 0 Å². The van der Waals surface area contributed by atoms with E-state index in [-0.39, 0.29) is 17.6 Å². The van der Waals surface area contributed by atoms with E-state index in [1.54, 1.807) is 31.4 Å². The summed E-state index contributed by atoms with van der Waals surface area (Å²) in [6, 6.07) is 15.8. The summed E-state index contributed by atoms with van der Waals surface area (Å²) in [6.45, 7) is 5.78. The van der Waals surface area contributed by atoms with Crippen molar-refractivity contribution in [3.8, 4) is 11.5 Å². The number of hydrogen-bond donors (Lipinski definition) is 2. The van der Waals surface area contributed by atoms with E-state index in [9.17, 15) is 9.59 Å². The summed E-state index contributed by atoms with van der Waals surface area (Å²) in [5.74, 6) is 0.978. The molecule has 7 heteroatoms. The minimum Gasteiger partial charge on any atom is -0.497 e. The Balaban J connectivity index is 1.62. The van der Waals surface area contributed by atoms with E-state index < -0.39 is 11.5 Å². The number of carbonyl (C=O) groups is 2. The molecule has 1 aliphatic heterocycles. The van der Waals surface area contributed by atoms with Crippen LogP contribution < -0.4 is 20.1 Å². The van der Waals surface area contributed by atoms with Crippen LogP contribution in [-0.4, -0.2) is 24.5 Å². The molecule has 0 spiro atoms. The average Bonchev–Trinajstić information content (AvgIpc) is 3.30. The van der Waals surface area contributed by atoms with Crippen LogP contribution in [0, 0.1) is 6.92 Å². The Hall–Kier alpha value is -4.00. The van der Waals surface area contributed by atoms with E-state index in [0.717, 1.165) is 11.1 Å². The minimum atomic E-state index is -0.507. The van der Waals surface area contributed by atoms with Crippen molar-refractivity contribution in [2.75, 3.05) is 7.11 Å². The van der Waals surface area contributed by atoms with Crippen LogP contribution in [0.4, 0.5) is 0 Å². The number of furan rings is 1. The quantitative estimate of drug-likeness (QED) is 0.517. The molecule has 1 atom stereocenters. The van der Waals surface area contributed by atoms with Crippen molar-refractivity contribution in [1.82, 2.24) is 10.6 Å². The fourth-order valence-electron chi connectivity index (χ4n) is 4.01. The third kappa shape index (κ3) is 5.14. The fraction of sp³-hybridized carbons (Fsp3) is 0.259. The lowest BCUT2D eigenvalue weighted by atomic mass is 9.89. The molecule has 2 amide bonds. The van der Waals surface area contributed by atoms with Crippen LogP contribution in [0.15, 0.2) is 71.0 Å². The maximum absolute atomic E-state index is 13.4. The lowest BCUT2D eigenvalue weighted by Crippen LogP contribution is -2.43. The minimum absolute atomic E-state index is 0.0857. The van der Waals surface area contributed by atoms with Gasteiger partial charge in [0.2, 0.25) is 0 Å². The highest BCUT2D eigenvalue weighted by Gasteiger charge is 2.35. The van der Waals surface area contributed by atoms with Gasteiger partial charge in [0.05, 0.1) is 19.4 Å². The van der Waals surface area contributed by atoms with Crippen molar-refractivity contribution >= 4 is 17.9 Å². The highest BCUT2D eigenvalue weighted by atomic mass is 16.5. The van der Waals surface area contributed by atoms with Crippen molar-refractivity contribution in [2.24, 2.45) is 0 Å². The van der Waals surface area contributed by atoms with Gasteiger partial charge < -0.3 is 24.5 Å². The zero-order valence-corrected chi connectivity index (χ0v) is 19.7. The van der Waals surface area contributed by atoms with Crippen molar-refractivity contribution in [2.45, 2.75) is 38.8 Å². The average molecular weight is 461 g/mol. The number of hydrogen-bond acceptors (Lipinski definition) is 5. The van der Waals surface area contributed by atoms with Gasteiger partial charge in [-0.3, -0.25) is 9.59 Å². The first-order chi connectivity index (χ1) is 16.3. The van der Waals surface area contributed by atoms with Gasteiger partial charge >= 0.3 is 0 Å². The highest BCUT2D eigenvalue weighted by molar-refractivity contribution is 6.05.